The summed E-state index contributed by atoms with van der Waals surface area (Å²) in [6.45, 7) is 0. The first kappa shape index (κ1) is 20.8. The summed E-state index contributed by atoms with van der Waals surface area (Å²) in [5, 5.41) is 7.70. The first-order chi connectivity index (χ1) is 15.7. The summed E-state index contributed by atoms with van der Waals surface area (Å²) in [5.74, 6) is 1.02. The molecule has 4 aromatic rings. The normalized spacial score (nSPS) is 13.9. The van der Waals surface area contributed by atoms with E-state index in [2.05, 4.69) is 15.4 Å². The van der Waals surface area contributed by atoms with Crippen molar-refractivity contribution in [2.45, 2.75) is 31.7 Å². The summed E-state index contributed by atoms with van der Waals surface area (Å²) in [6, 6.07) is 14.1. The van der Waals surface area contributed by atoms with Gasteiger partial charge in [0.2, 0.25) is 0 Å². The van der Waals surface area contributed by atoms with E-state index >= 15 is 0 Å². The highest BCUT2D eigenvalue weighted by Gasteiger charge is 2.29. The number of benzene rings is 2. The van der Waals surface area contributed by atoms with Crippen molar-refractivity contribution in [2.75, 3.05) is 12.0 Å². The molecule has 2 heterocycles. The fourth-order valence-corrected chi connectivity index (χ4v) is 4.79. The van der Waals surface area contributed by atoms with Crippen LogP contribution in [-0.2, 0) is 12.8 Å². The van der Waals surface area contributed by atoms with Crippen LogP contribution in [-0.4, -0.2) is 37.7 Å². The number of rotatable bonds is 7. The number of hydrogen-bond acceptors (Lipinski definition) is 4. The van der Waals surface area contributed by atoms with E-state index < -0.39 is 0 Å². The lowest BCUT2D eigenvalue weighted by atomic mass is 10.1. The number of thioether (sulfide) groups is 1. The van der Waals surface area contributed by atoms with Gasteiger partial charge in [0, 0.05) is 11.3 Å². The molecule has 0 aliphatic heterocycles. The van der Waals surface area contributed by atoms with Gasteiger partial charge in [-0.3, -0.25) is 4.79 Å². The number of halogens is 1. The largest absolute Gasteiger partial charge is 0.341 e. The van der Waals surface area contributed by atoms with Gasteiger partial charge in [-0.15, -0.1) is 0 Å². The fraction of sp³-hybridized carbons (Fsp3) is 0.292. The van der Waals surface area contributed by atoms with Gasteiger partial charge in [-0.05, 0) is 62.0 Å². The Bertz CT molecular complexity index is 1250. The van der Waals surface area contributed by atoms with Crippen LogP contribution in [0.2, 0.25) is 0 Å². The molecule has 0 bridgehead atoms. The molecule has 1 amide bonds. The number of carbonyl (C=O) groups excluding carboxylic acids is 1. The van der Waals surface area contributed by atoms with Crippen LogP contribution in [0.15, 0.2) is 48.5 Å². The number of H-pyrrole nitrogens is 1. The second kappa shape index (κ2) is 8.78. The molecule has 2 N–H and O–H groups in total. The zero-order chi connectivity index (χ0) is 22.1. The first-order valence-corrected chi connectivity index (χ1v) is 12.1. The highest BCUT2D eigenvalue weighted by atomic mass is 32.2. The first-order valence-electron chi connectivity index (χ1n) is 10.8. The molecule has 0 radical (unpaired) electrons. The summed E-state index contributed by atoms with van der Waals surface area (Å²) < 4.78 is 16.1. The predicted octanol–water partition coefficient (Wildman–Crippen LogP) is 4.60. The maximum absolute atomic E-state index is 14.5. The minimum atomic E-state index is -0.350. The van der Waals surface area contributed by atoms with Crippen molar-refractivity contribution in [3.05, 3.63) is 77.1 Å². The number of amides is 1. The average Bonchev–Trinajstić information content (AvgIpc) is 3.51. The van der Waals surface area contributed by atoms with Gasteiger partial charge in [0.15, 0.2) is 5.69 Å². The van der Waals surface area contributed by atoms with Crippen molar-refractivity contribution in [2.24, 2.45) is 0 Å². The Morgan fingerprint density at radius 2 is 2.03 bits per heavy atom. The van der Waals surface area contributed by atoms with E-state index in [9.17, 15) is 9.18 Å². The highest BCUT2D eigenvalue weighted by molar-refractivity contribution is 7.98. The number of fused-ring (bicyclic) bond motifs is 2. The number of nitrogens with one attached hydrogen (secondary N) is 2. The Kier molecular flexibility index (Phi) is 5.70. The van der Waals surface area contributed by atoms with Gasteiger partial charge in [-0.25, -0.2) is 14.1 Å². The van der Waals surface area contributed by atoms with E-state index in [-0.39, 0.29) is 17.8 Å². The van der Waals surface area contributed by atoms with E-state index in [4.69, 9.17) is 4.98 Å². The van der Waals surface area contributed by atoms with Gasteiger partial charge >= 0.3 is 0 Å². The van der Waals surface area contributed by atoms with Gasteiger partial charge in [0.05, 0.1) is 17.1 Å². The van der Waals surface area contributed by atoms with E-state index in [0.717, 1.165) is 59.6 Å². The van der Waals surface area contributed by atoms with Crippen LogP contribution in [0.5, 0.6) is 0 Å². The van der Waals surface area contributed by atoms with Crippen LogP contribution in [0.3, 0.4) is 0 Å². The van der Waals surface area contributed by atoms with Gasteiger partial charge in [0.25, 0.3) is 5.91 Å². The minimum absolute atomic E-state index is 0.246. The van der Waals surface area contributed by atoms with Crippen LogP contribution >= 0.6 is 11.8 Å². The van der Waals surface area contributed by atoms with Crippen molar-refractivity contribution in [1.29, 1.82) is 0 Å². The van der Waals surface area contributed by atoms with Crippen molar-refractivity contribution in [3.8, 4) is 5.69 Å². The van der Waals surface area contributed by atoms with E-state index in [1.54, 1.807) is 34.6 Å². The third-order valence-corrected chi connectivity index (χ3v) is 6.52. The van der Waals surface area contributed by atoms with Crippen molar-refractivity contribution in [3.63, 3.8) is 0 Å². The molecule has 2 aromatic heterocycles. The summed E-state index contributed by atoms with van der Waals surface area (Å²) in [6.07, 6.45) is 5.26. The monoisotopic (exact) mass is 449 g/mol. The Labute approximate surface area is 189 Å². The quantitative estimate of drug-likeness (QED) is 0.432. The molecule has 0 spiro atoms. The van der Waals surface area contributed by atoms with Crippen molar-refractivity contribution in [1.82, 2.24) is 25.1 Å². The molecule has 0 saturated heterocycles. The lowest BCUT2D eigenvalue weighted by Gasteiger charge is -2.16. The van der Waals surface area contributed by atoms with Gasteiger partial charge < -0.3 is 10.3 Å². The third kappa shape index (κ3) is 3.79. The lowest BCUT2D eigenvalue weighted by Crippen LogP contribution is -2.30. The smallest absolute Gasteiger partial charge is 0.272 e. The number of nitrogens with zero attached hydrogens (tertiary/aromatic N) is 3. The lowest BCUT2D eigenvalue weighted by molar-refractivity contribution is 0.0927. The van der Waals surface area contributed by atoms with E-state index in [1.807, 2.05) is 30.5 Å². The molecule has 1 aliphatic rings. The third-order valence-electron chi connectivity index (χ3n) is 5.88. The number of hydrogen-bond donors (Lipinski definition) is 2. The predicted molar refractivity (Wildman–Crippen MR) is 125 cm³/mol. The highest BCUT2D eigenvalue weighted by Crippen LogP contribution is 2.29. The molecular weight excluding hydrogens is 425 g/mol. The molecular formula is C24H24FN5OS. The van der Waals surface area contributed by atoms with Crippen LogP contribution < -0.4 is 5.32 Å². The molecule has 164 valence electrons. The van der Waals surface area contributed by atoms with Crippen LogP contribution in [0, 0.1) is 5.82 Å². The molecule has 0 fully saturated rings. The standard InChI is InChI=1S/C24H24FN5OS/c1-32-14-13-19(23-26-17-9-3-4-10-18(17)27-23)28-24(31)22-15-7-6-12-20(15)30(29-22)21-11-5-2-8-16(21)25/h2-5,8-11,19H,6-7,12-14H2,1H3,(H,26,27)(H,28,31). The molecule has 1 aliphatic carbocycles. The summed E-state index contributed by atoms with van der Waals surface area (Å²) >= 11 is 1.72. The van der Waals surface area contributed by atoms with E-state index in [1.165, 1.54) is 6.07 Å². The number of imidazole rings is 1. The topological polar surface area (TPSA) is 75.6 Å². The molecule has 6 nitrogen and oxygen atoms in total. The Hall–Kier alpha value is -3.13. The number of aromatic nitrogens is 4. The maximum atomic E-state index is 14.5. The Morgan fingerprint density at radius 3 is 2.84 bits per heavy atom. The maximum Gasteiger partial charge on any atom is 0.272 e. The Morgan fingerprint density at radius 1 is 1.22 bits per heavy atom. The van der Waals surface area contributed by atoms with Gasteiger partial charge in [0.1, 0.15) is 17.3 Å². The van der Waals surface area contributed by atoms with Crippen LogP contribution in [0.1, 0.15) is 46.5 Å². The molecule has 1 unspecified atom stereocenters. The second-order valence-electron chi connectivity index (χ2n) is 7.94. The summed E-state index contributed by atoms with van der Waals surface area (Å²) in [4.78, 5) is 21.4. The van der Waals surface area contributed by atoms with Gasteiger partial charge in [-0.2, -0.15) is 16.9 Å². The molecule has 5 rings (SSSR count). The fourth-order valence-electron chi connectivity index (χ4n) is 4.32. The molecule has 1 atom stereocenters. The molecule has 8 heteroatoms. The number of carbonyl (C=O) groups is 1. The van der Waals surface area contributed by atoms with Crippen molar-refractivity contribution >= 4 is 28.7 Å². The number of para-hydroxylation sites is 3. The van der Waals surface area contributed by atoms with Crippen molar-refractivity contribution < 1.29 is 9.18 Å². The Balaban J connectivity index is 1.47. The summed E-state index contributed by atoms with van der Waals surface area (Å²) in [7, 11) is 0. The van der Waals surface area contributed by atoms with E-state index in [0.29, 0.717) is 11.4 Å². The molecule has 2 aromatic carbocycles. The van der Waals surface area contributed by atoms with Crippen LogP contribution in [0.4, 0.5) is 4.39 Å². The number of aromatic amines is 1. The van der Waals surface area contributed by atoms with Crippen LogP contribution in [0.25, 0.3) is 16.7 Å². The zero-order valence-corrected chi connectivity index (χ0v) is 18.6. The summed E-state index contributed by atoms with van der Waals surface area (Å²) in [5.41, 5.74) is 4.40. The average molecular weight is 450 g/mol. The minimum Gasteiger partial charge on any atom is -0.341 e. The molecule has 32 heavy (non-hydrogen) atoms. The second-order valence-corrected chi connectivity index (χ2v) is 8.92. The SMILES string of the molecule is CSCCC(NC(=O)c1nn(-c2ccccc2F)c2c1CCC2)c1nc2ccccc2[nH]1. The molecule has 0 saturated carbocycles. The van der Waals surface area contributed by atoms with Gasteiger partial charge in [-0.1, -0.05) is 24.3 Å². The zero-order valence-electron chi connectivity index (χ0n) is 17.8.